The van der Waals surface area contributed by atoms with E-state index in [1.807, 2.05) is 0 Å². The Morgan fingerprint density at radius 2 is 1.95 bits per heavy atom. The van der Waals surface area contributed by atoms with Gasteiger partial charge in [0.2, 0.25) is 0 Å². The molecule has 0 bridgehead atoms. The standard InChI is InChI=1S/C15H12N2O4/c1-10-7-13(5-3-11(10)9-16)21-15-8-12(17(18)19)4-6-14(15)20-2/h3-8H,1-2H3. The van der Waals surface area contributed by atoms with Crippen molar-refractivity contribution in [3.8, 4) is 23.3 Å². The fourth-order valence-electron chi connectivity index (χ4n) is 1.81. The Hall–Kier alpha value is -3.07. The Labute approximate surface area is 121 Å². The number of nitriles is 1. The lowest BCUT2D eigenvalue weighted by Crippen LogP contribution is -1.94. The van der Waals surface area contributed by atoms with E-state index in [0.29, 0.717) is 17.1 Å². The Morgan fingerprint density at radius 3 is 2.52 bits per heavy atom. The quantitative estimate of drug-likeness (QED) is 0.632. The van der Waals surface area contributed by atoms with Crippen molar-refractivity contribution in [2.45, 2.75) is 6.92 Å². The fourth-order valence-corrected chi connectivity index (χ4v) is 1.81. The van der Waals surface area contributed by atoms with Gasteiger partial charge in [-0.2, -0.15) is 5.26 Å². The molecule has 0 saturated carbocycles. The molecule has 2 rings (SSSR count). The number of rotatable bonds is 4. The van der Waals surface area contributed by atoms with E-state index in [0.717, 1.165) is 5.56 Å². The van der Waals surface area contributed by atoms with Crippen LogP contribution in [0.5, 0.6) is 17.2 Å². The maximum absolute atomic E-state index is 10.8. The van der Waals surface area contributed by atoms with Crippen molar-refractivity contribution >= 4 is 5.69 Å². The maximum atomic E-state index is 10.8. The Kier molecular flexibility index (Phi) is 4.05. The minimum Gasteiger partial charge on any atom is -0.493 e. The van der Waals surface area contributed by atoms with Crippen molar-refractivity contribution in [3.05, 3.63) is 57.6 Å². The van der Waals surface area contributed by atoms with Gasteiger partial charge in [-0.1, -0.05) is 0 Å². The lowest BCUT2D eigenvalue weighted by Gasteiger charge is -2.10. The van der Waals surface area contributed by atoms with Crippen molar-refractivity contribution in [2.75, 3.05) is 7.11 Å². The molecule has 6 heteroatoms. The van der Waals surface area contributed by atoms with Crippen molar-refractivity contribution in [3.63, 3.8) is 0 Å². The van der Waals surface area contributed by atoms with Crippen LogP contribution in [-0.4, -0.2) is 12.0 Å². The summed E-state index contributed by atoms with van der Waals surface area (Å²) in [5.41, 5.74) is 1.23. The van der Waals surface area contributed by atoms with Crippen molar-refractivity contribution in [2.24, 2.45) is 0 Å². The number of methoxy groups -OCH3 is 1. The predicted molar refractivity (Wildman–Crippen MR) is 75.6 cm³/mol. The summed E-state index contributed by atoms with van der Waals surface area (Å²) in [6.45, 7) is 1.79. The van der Waals surface area contributed by atoms with Crippen LogP contribution in [0.4, 0.5) is 5.69 Å². The van der Waals surface area contributed by atoms with E-state index < -0.39 is 4.92 Å². The van der Waals surface area contributed by atoms with E-state index in [4.69, 9.17) is 14.7 Å². The van der Waals surface area contributed by atoms with Crippen molar-refractivity contribution in [1.82, 2.24) is 0 Å². The van der Waals surface area contributed by atoms with Crippen LogP contribution in [0.1, 0.15) is 11.1 Å². The zero-order chi connectivity index (χ0) is 15.4. The zero-order valence-electron chi connectivity index (χ0n) is 11.5. The Balaban J connectivity index is 2.38. The average Bonchev–Trinajstić information content (AvgIpc) is 2.47. The molecule has 0 amide bonds. The molecule has 0 heterocycles. The molecular formula is C15H12N2O4. The monoisotopic (exact) mass is 284 g/mol. The summed E-state index contributed by atoms with van der Waals surface area (Å²) in [7, 11) is 1.46. The van der Waals surface area contributed by atoms with Crippen LogP contribution in [0.2, 0.25) is 0 Å². The summed E-state index contributed by atoms with van der Waals surface area (Å²) in [5.74, 6) is 1.11. The van der Waals surface area contributed by atoms with E-state index in [9.17, 15) is 10.1 Å². The number of nitro benzene ring substituents is 1. The number of nitrogens with zero attached hydrogens (tertiary/aromatic N) is 2. The van der Waals surface area contributed by atoms with E-state index >= 15 is 0 Å². The van der Waals surface area contributed by atoms with Gasteiger partial charge in [-0.15, -0.1) is 0 Å². The summed E-state index contributed by atoms with van der Waals surface area (Å²) in [6.07, 6.45) is 0. The first-order valence-electron chi connectivity index (χ1n) is 6.06. The number of hydrogen-bond donors (Lipinski definition) is 0. The predicted octanol–water partition coefficient (Wildman–Crippen LogP) is 3.58. The highest BCUT2D eigenvalue weighted by atomic mass is 16.6. The second-order valence-electron chi connectivity index (χ2n) is 4.28. The van der Waals surface area contributed by atoms with Crippen molar-refractivity contribution < 1.29 is 14.4 Å². The van der Waals surface area contributed by atoms with Gasteiger partial charge in [0.05, 0.1) is 29.7 Å². The van der Waals surface area contributed by atoms with Gasteiger partial charge in [0.1, 0.15) is 5.75 Å². The van der Waals surface area contributed by atoms with E-state index in [-0.39, 0.29) is 11.4 Å². The van der Waals surface area contributed by atoms with E-state index in [1.54, 1.807) is 25.1 Å². The second-order valence-corrected chi connectivity index (χ2v) is 4.28. The van der Waals surface area contributed by atoms with Crippen LogP contribution < -0.4 is 9.47 Å². The molecule has 0 aliphatic rings. The molecule has 0 unspecified atom stereocenters. The summed E-state index contributed by atoms with van der Waals surface area (Å²) in [6, 6.07) is 11.1. The fraction of sp³-hybridized carbons (Fsp3) is 0.133. The molecule has 0 spiro atoms. The smallest absolute Gasteiger partial charge is 0.273 e. The Bertz CT molecular complexity index is 735. The minimum atomic E-state index is -0.504. The van der Waals surface area contributed by atoms with Crippen LogP contribution in [0.3, 0.4) is 0 Å². The van der Waals surface area contributed by atoms with Gasteiger partial charge < -0.3 is 9.47 Å². The molecule has 0 N–H and O–H groups in total. The molecule has 2 aromatic carbocycles. The van der Waals surface area contributed by atoms with Gasteiger partial charge in [0.25, 0.3) is 5.69 Å². The normalized spacial score (nSPS) is 9.76. The zero-order valence-corrected chi connectivity index (χ0v) is 11.5. The third-order valence-corrected chi connectivity index (χ3v) is 2.90. The van der Waals surface area contributed by atoms with E-state index in [1.165, 1.54) is 25.3 Å². The number of ether oxygens (including phenoxy) is 2. The molecule has 0 aliphatic carbocycles. The summed E-state index contributed by atoms with van der Waals surface area (Å²) in [5, 5.41) is 19.7. The number of aryl methyl sites for hydroxylation is 1. The number of non-ortho nitro benzene ring substituents is 1. The molecule has 0 aliphatic heterocycles. The van der Waals surface area contributed by atoms with Crippen molar-refractivity contribution in [1.29, 1.82) is 5.26 Å². The molecule has 106 valence electrons. The lowest BCUT2D eigenvalue weighted by atomic mass is 10.1. The SMILES string of the molecule is COc1ccc([N+](=O)[O-])cc1Oc1ccc(C#N)c(C)c1. The molecular weight excluding hydrogens is 272 g/mol. The molecule has 0 atom stereocenters. The molecule has 0 aromatic heterocycles. The number of benzene rings is 2. The first-order chi connectivity index (χ1) is 10.0. The maximum Gasteiger partial charge on any atom is 0.273 e. The van der Waals surface area contributed by atoms with Crippen LogP contribution in [0, 0.1) is 28.4 Å². The molecule has 0 saturated heterocycles. The Morgan fingerprint density at radius 1 is 1.19 bits per heavy atom. The van der Waals surface area contributed by atoms with Gasteiger partial charge in [0, 0.05) is 6.07 Å². The highest BCUT2D eigenvalue weighted by molar-refractivity contribution is 5.51. The van der Waals surface area contributed by atoms with Gasteiger partial charge >= 0.3 is 0 Å². The molecule has 2 aromatic rings. The topological polar surface area (TPSA) is 85.4 Å². The van der Waals surface area contributed by atoms with Gasteiger partial charge in [-0.3, -0.25) is 10.1 Å². The van der Waals surface area contributed by atoms with Crippen LogP contribution in [-0.2, 0) is 0 Å². The average molecular weight is 284 g/mol. The van der Waals surface area contributed by atoms with Crippen LogP contribution >= 0.6 is 0 Å². The molecule has 0 fully saturated rings. The van der Waals surface area contributed by atoms with E-state index in [2.05, 4.69) is 6.07 Å². The molecule has 21 heavy (non-hydrogen) atoms. The molecule has 6 nitrogen and oxygen atoms in total. The third-order valence-electron chi connectivity index (χ3n) is 2.90. The largest absolute Gasteiger partial charge is 0.493 e. The highest BCUT2D eigenvalue weighted by Crippen LogP contribution is 2.35. The van der Waals surface area contributed by atoms with Gasteiger partial charge in [-0.05, 0) is 36.8 Å². The second kappa shape index (κ2) is 5.92. The molecule has 0 radical (unpaired) electrons. The third kappa shape index (κ3) is 3.09. The van der Waals surface area contributed by atoms with Gasteiger partial charge in [-0.25, -0.2) is 0 Å². The van der Waals surface area contributed by atoms with Crippen LogP contribution in [0.25, 0.3) is 0 Å². The number of nitro groups is 1. The van der Waals surface area contributed by atoms with Gasteiger partial charge in [0.15, 0.2) is 11.5 Å². The lowest BCUT2D eigenvalue weighted by molar-refractivity contribution is -0.384. The first kappa shape index (κ1) is 14.3. The summed E-state index contributed by atoms with van der Waals surface area (Å²) in [4.78, 5) is 10.3. The summed E-state index contributed by atoms with van der Waals surface area (Å²) < 4.78 is 10.8. The number of hydrogen-bond acceptors (Lipinski definition) is 5. The van der Waals surface area contributed by atoms with Crippen LogP contribution in [0.15, 0.2) is 36.4 Å². The minimum absolute atomic E-state index is 0.0869. The summed E-state index contributed by atoms with van der Waals surface area (Å²) >= 11 is 0. The highest BCUT2D eigenvalue weighted by Gasteiger charge is 2.13. The first-order valence-corrected chi connectivity index (χ1v) is 6.06.